The van der Waals surface area contributed by atoms with Gasteiger partial charge < -0.3 is 16.0 Å². The molecule has 9 heteroatoms. The van der Waals surface area contributed by atoms with Gasteiger partial charge in [-0.2, -0.15) is 0 Å². The van der Waals surface area contributed by atoms with Crippen molar-refractivity contribution in [2.24, 2.45) is 23.0 Å². The summed E-state index contributed by atoms with van der Waals surface area (Å²) in [4.78, 5) is 39.5. The molecule has 1 heterocycles. The second-order valence-electron chi connectivity index (χ2n) is 9.36. The first-order chi connectivity index (χ1) is 14.2. The number of nitrogens with zero attached hydrogens (tertiary/aromatic N) is 1. The molecule has 3 saturated carbocycles. The smallest absolute Gasteiger partial charge is 0.237 e. The predicted molar refractivity (Wildman–Crippen MR) is 111 cm³/mol. The summed E-state index contributed by atoms with van der Waals surface area (Å²) in [7, 11) is -1.91. The Balaban J connectivity index is 1.74. The van der Waals surface area contributed by atoms with Crippen molar-refractivity contribution in [3.05, 3.63) is 12.2 Å². The zero-order valence-corrected chi connectivity index (χ0v) is 18.2. The third kappa shape index (κ3) is 3.16. The van der Waals surface area contributed by atoms with Gasteiger partial charge in [0, 0.05) is 19.5 Å². The SMILES string of the molecule is CN1CCCC/C=C\C2CC2(S(=O)(=O)C2CC2)NC(=O)C2(C(N)=O)CCCC2C1=O. The molecule has 3 N–H and O–H groups in total. The highest BCUT2D eigenvalue weighted by Gasteiger charge is 2.69. The Kier molecular flexibility index (Phi) is 5.23. The number of primary amides is 1. The van der Waals surface area contributed by atoms with Crippen molar-refractivity contribution in [2.75, 3.05) is 13.6 Å². The number of carbonyl (C=O) groups is 3. The molecule has 0 aromatic rings. The molecule has 30 heavy (non-hydrogen) atoms. The molecule has 8 nitrogen and oxygen atoms in total. The third-order valence-corrected chi connectivity index (χ3v) is 10.4. The quantitative estimate of drug-likeness (QED) is 0.500. The number of amides is 3. The number of nitrogens with two attached hydrogens (primary N) is 1. The van der Waals surface area contributed by atoms with Gasteiger partial charge in [-0.1, -0.05) is 18.6 Å². The van der Waals surface area contributed by atoms with Gasteiger partial charge in [-0.25, -0.2) is 8.42 Å². The molecule has 0 spiro atoms. The lowest BCUT2D eigenvalue weighted by atomic mass is 9.75. The first-order valence-electron chi connectivity index (χ1n) is 10.9. The van der Waals surface area contributed by atoms with Crippen LogP contribution < -0.4 is 11.1 Å². The molecule has 4 rings (SSSR count). The topological polar surface area (TPSA) is 127 Å². The number of sulfone groups is 1. The van der Waals surface area contributed by atoms with E-state index in [1.54, 1.807) is 11.9 Å². The summed E-state index contributed by atoms with van der Waals surface area (Å²) in [6, 6.07) is 0. The van der Waals surface area contributed by atoms with Crippen LogP contribution in [-0.2, 0) is 24.2 Å². The van der Waals surface area contributed by atoms with Crippen LogP contribution in [0.2, 0.25) is 0 Å². The Labute approximate surface area is 177 Å². The van der Waals surface area contributed by atoms with Gasteiger partial charge >= 0.3 is 0 Å². The van der Waals surface area contributed by atoms with Crippen LogP contribution in [-0.4, -0.2) is 54.8 Å². The minimum absolute atomic E-state index is 0.165. The van der Waals surface area contributed by atoms with Crippen molar-refractivity contribution >= 4 is 27.6 Å². The van der Waals surface area contributed by atoms with Crippen LogP contribution >= 0.6 is 0 Å². The van der Waals surface area contributed by atoms with E-state index in [1.807, 2.05) is 12.2 Å². The maximum absolute atomic E-state index is 13.5. The fourth-order valence-corrected chi connectivity index (χ4v) is 7.78. The lowest BCUT2D eigenvalue weighted by Gasteiger charge is -2.34. The number of allylic oxidation sites excluding steroid dienone is 1. The van der Waals surface area contributed by atoms with E-state index in [4.69, 9.17) is 5.73 Å². The standard InChI is InChI=1S/C21H31N3O5S/c1-24-12-5-3-2-4-7-14-13-21(14,30(28,29)15-9-10-15)23-19(27)20(18(22)26)11-6-8-16(20)17(24)25/h4,7,14-16H,2-3,5-6,8-13H2,1H3,(H2,22,26)(H,23,27)/b7-4-. The Morgan fingerprint density at radius 1 is 1.20 bits per heavy atom. The van der Waals surface area contributed by atoms with Crippen LogP contribution in [0.1, 0.15) is 57.8 Å². The lowest BCUT2D eigenvalue weighted by molar-refractivity contribution is -0.153. The fourth-order valence-electron chi connectivity index (χ4n) is 5.28. The van der Waals surface area contributed by atoms with E-state index in [-0.39, 0.29) is 18.2 Å². The summed E-state index contributed by atoms with van der Waals surface area (Å²) >= 11 is 0. The zero-order chi connectivity index (χ0) is 21.7. The second kappa shape index (κ2) is 7.35. The minimum atomic E-state index is -3.59. The van der Waals surface area contributed by atoms with Gasteiger partial charge in [-0.3, -0.25) is 14.4 Å². The molecule has 0 aromatic carbocycles. The molecule has 4 aliphatic rings. The Morgan fingerprint density at radius 2 is 1.93 bits per heavy atom. The normalized spacial score (nSPS) is 38.8. The van der Waals surface area contributed by atoms with Crippen molar-refractivity contribution in [3.8, 4) is 0 Å². The summed E-state index contributed by atoms with van der Waals surface area (Å²) in [5.41, 5.74) is 4.03. The van der Waals surface area contributed by atoms with Gasteiger partial charge in [0.2, 0.25) is 17.7 Å². The highest BCUT2D eigenvalue weighted by Crippen LogP contribution is 2.55. The number of carbonyl (C=O) groups excluding carboxylic acids is 3. The predicted octanol–water partition coefficient (Wildman–Crippen LogP) is 0.866. The number of fused-ring (bicyclic) bond motifs is 2. The average molecular weight is 438 g/mol. The molecule has 166 valence electrons. The van der Waals surface area contributed by atoms with Crippen molar-refractivity contribution in [1.29, 1.82) is 0 Å². The van der Waals surface area contributed by atoms with E-state index in [9.17, 15) is 22.8 Å². The maximum Gasteiger partial charge on any atom is 0.237 e. The first kappa shape index (κ1) is 21.3. The van der Waals surface area contributed by atoms with Crippen molar-refractivity contribution in [2.45, 2.75) is 67.9 Å². The highest BCUT2D eigenvalue weighted by atomic mass is 32.2. The summed E-state index contributed by atoms with van der Waals surface area (Å²) < 4.78 is 26.5. The molecule has 4 atom stereocenters. The van der Waals surface area contributed by atoms with Gasteiger partial charge in [0.15, 0.2) is 9.84 Å². The average Bonchev–Trinajstić information content (AvgIpc) is 3.60. The van der Waals surface area contributed by atoms with Gasteiger partial charge in [0.25, 0.3) is 0 Å². The Morgan fingerprint density at radius 3 is 2.60 bits per heavy atom. The van der Waals surface area contributed by atoms with Gasteiger partial charge in [0.05, 0.1) is 11.2 Å². The molecule has 3 fully saturated rings. The molecular formula is C21H31N3O5S. The van der Waals surface area contributed by atoms with Gasteiger partial charge in [-0.15, -0.1) is 0 Å². The summed E-state index contributed by atoms with van der Waals surface area (Å²) in [5, 5.41) is 2.32. The minimum Gasteiger partial charge on any atom is -0.369 e. The fraction of sp³-hybridized carbons (Fsp3) is 0.762. The summed E-state index contributed by atoms with van der Waals surface area (Å²) in [5.74, 6) is -2.96. The molecule has 3 amide bonds. The maximum atomic E-state index is 13.5. The van der Waals surface area contributed by atoms with Gasteiger partial charge in [0.1, 0.15) is 10.3 Å². The molecule has 1 aliphatic heterocycles. The van der Waals surface area contributed by atoms with E-state index in [0.717, 1.165) is 19.3 Å². The number of rotatable bonds is 3. The van der Waals surface area contributed by atoms with Crippen molar-refractivity contribution < 1.29 is 22.8 Å². The highest BCUT2D eigenvalue weighted by molar-refractivity contribution is 7.94. The Hall–Kier alpha value is -1.90. The largest absolute Gasteiger partial charge is 0.369 e. The Bertz CT molecular complexity index is 896. The van der Waals surface area contributed by atoms with Crippen molar-refractivity contribution in [1.82, 2.24) is 10.2 Å². The number of nitrogens with one attached hydrogen (secondary N) is 1. The van der Waals surface area contributed by atoms with E-state index >= 15 is 0 Å². The van der Waals surface area contributed by atoms with E-state index < -0.39 is 43.1 Å². The third-order valence-electron chi connectivity index (χ3n) is 7.42. The number of hydrogen-bond acceptors (Lipinski definition) is 5. The van der Waals surface area contributed by atoms with Crippen LogP contribution in [0, 0.1) is 17.3 Å². The lowest BCUT2D eigenvalue weighted by Crippen LogP contribution is -2.59. The number of hydrogen-bond donors (Lipinski definition) is 2. The monoisotopic (exact) mass is 437 g/mol. The summed E-state index contributed by atoms with van der Waals surface area (Å²) in [6.45, 7) is 0.545. The van der Waals surface area contributed by atoms with Crippen LogP contribution in [0.25, 0.3) is 0 Å². The van der Waals surface area contributed by atoms with Crippen LogP contribution in [0.5, 0.6) is 0 Å². The van der Waals surface area contributed by atoms with E-state index in [2.05, 4.69) is 5.32 Å². The molecule has 0 bridgehead atoms. The molecule has 3 aliphatic carbocycles. The molecular weight excluding hydrogens is 406 g/mol. The summed E-state index contributed by atoms with van der Waals surface area (Å²) in [6.07, 6.45) is 8.91. The molecule has 0 radical (unpaired) electrons. The van der Waals surface area contributed by atoms with Crippen LogP contribution in [0.3, 0.4) is 0 Å². The van der Waals surface area contributed by atoms with E-state index in [1.165, 1.54) is 0 Å². The van der Waals surface area contributed by atoms with Gasteiger partial charge in [-0.05, 0) is 51.4 Å². The first-order valence-corrected chi connectivity index (χ1v) is 12.5. The second-order valence-corrected chi connectivity index (χ2v) is 11.8. The van der Waals surface area contributed by atoms with E-state index in [0.29, 0.717) is 38.6 Å². The molecule has 0 saturated heterocycles. The zero-order valence-electron chi connectivity index (χ0n) is 17.4. The van der Waals surface area contributed by atoms with Crippen molar-refractivity contribution in [3.63, 3.8) is 0 Å². The van der Waals surface area contributed by atoms with Crippen LogP contribution in [0.15, 0.2) is 12.2 Å². The van der Waals surface area contributed by atoms with Crippen LogP contribution in [0.4, 0.5) is 0 Å². The molecule has 4 unspecified atom stereocenters. The molecule has 0 aromatic heterocycles.